The van der Waals surface area contributed by atoms with Crippen LogP contribution in [-0.2, 0) is 17.9 Å². The lowest BCUT2D eigenvalue weighted by Crippen LogP contribution is -2.24. The van der Waals surface area contributed by atoms with Gasteiger partial charge in [-0.2, -0.15) is 0 Å². The van der Waals surface area contributed by atoms with Crippen molar-refractivity contribution in [3.8, 4) is 0 Å². The van der Waals surface area contributed by atoms with E-state index in [9.17, 15) is 0 Å². The van der Waals surface area contributed by atoms with Crippen molar-refractivity contribution < 1.29 is 4.74 Å². The molecule has 1 heterocycles. The summed E-state index contributed by atoms with van der Waals surface area (Å²) in [7, 11) is 1.75. The number of rotatable bonds is 5. The molecule has 0 aliphatic carbocycles. The minimum absolute atomic E-state index is 0.457. The van der Waals surface area contributed by atoms with Crippen LogP contribution in [0.2, 0.25) is 0 Å². The number of benzene rings is 2. The third-order valence-electron chi connectivity index (χ3n) is 3.92. The van der Waals surface area contributed by atoms with E-state index in [1.165, 1.54) is 33.8 Å². The van der Waals surface area contributed by atoms with Crippen LogP contribution in [-0.4, -0.2) is 12.9 Å². The van der Waals surface area contributed by atoms with Gasteiger partial charge in [-0.3, -0.25) is 0 Å². The minimum atomic E-state index is 0.457. The molecule has 0 saturated heterocycles. The lowest BCUT2D eigenvalue weighted by molar-refractivity contribution is 0.184. The Morgan fingerprint density at radius 2 is 1.86 bits per heavy atom. The molecule has 2 aromatic rings. The van der Waals surface area contributed by atoms with E-state index in [1.807, 2.05) is 11.8 Å². The van der Waals surface area contributed by atoms with E-state index in [-0.39, 0.29) is 0 Å². The molecule has 0 radical (unpaired) electrons. The highest BCUT2D eigenvalue weighted by Crippen LogP contribution is 2.35. The van der Waals surface area contributed by atoms with Crippen LogP contribution in [0.25, 0.3) is 0 Å². The third-order valence-corrected chi connectivity index (χ3v) is 5.04. The van der Waals surface area contributed by atoms with Crippen molar-refractivity contribution in [1.29, 1.82) is 0 Å². The van der Waals surface area contributed by atoms with E-state index in [1.54, 1.807) is 7.11 Å². The van der Waals surface area contributed by atoms with Crippen molar-refractivity contribution in [3.63, 3.8) is 0 Å². The first-order valence-electron chi connectivity index (χ1n) is 7.39. The highest BCUT2D eigenvalue weighted by atomic mass is 32.2. The number of ether oxygens (including phenoxy) is 1. The molecule has 0 amide bonds. The maximum absolute atomic E-state index is 5.29. The molecular formula is C18H21NOS. The fraction of sp³-hybridized carbons (Fsp3) is 0.333. The highest BCUT2D eigenvalue weighted by molar-refractivity contribution is 7.99. The second kappa shape index (κ2) is 7.12. The van der Waals surface area contributed by atoms with E-state index in [4.69, 9.17) is 4.74 Å². The van der Waals surface area contributed by atoms with E-state index >= 15 is 0 Å². The van der Waals surface area contributed by atoms with Crippen LogP contribution < -0.4 is 5.32 Å². The second-order valence-corrected chi connectivity index (χ2v) is 6.45. The van der Waals surface area contributed by atoms with Gasteiger partial charge in [-0.25, -0.2) is 0 Å². The van der Waals surface area contributed by atoms with Gasteiger partial charge >= 0.3 is 0 Å². The quantitative estimate of drug-likeness (QED) is 0.895. The van der Waals surface area contributed by atoms with Crippen molar-refractivity contribution in [2.75, 3.05) is 12.9 Å². The Hall–Kier alpha value is -1.29. The number of methoxy groups -OCH3 is 1. The normalized spacial score (nSPS) is 17.5. The molecule has 0 saturated carbocycles. The van der Waals surface area contributed by atoms with E-state index in [0.29, 0.717) is 12.6 Å². The predicted molar refractivity (Wildman–Crippen MR) is 88.5 cm³/mol. The molecule has 3 heteroatoms. The summed E-state index contributed by atoms with van der Waals surface area (Å²) in [5, 5.41) is 3.72. The van der Waals surface area contributed by atoms with Crippen LogP contribution >= 0.6 is 11.8 Å². The molecule has 1 N–H and O–H groups in total. The molecule has 0 aromatic heterocycles. The maximum atomic E-state index is 5.29. The number of fused-ring (bicyclic) bond motifs is 1. The number of hydrogen-bond acceptors (Lipinski definition) is 3. The van der Waals surface area contributed by atoms with Gasteiger partial charge in [0.15, 0.2) is 0 Å². The molecule has 2 aromatic carbocycles. The topological polar surface area (TPSA) is 21.3 Å². The Kier molecular flexibility index (Phi) is 4.96. The summed E-state index contributed by atoms with van der Waals surface area (Å²) in [5.74, 6) is 1.19. The maximum Gasteiger partial charge on any atom is 0.0716 e. The zero-order valence-electron chi connectivity index (χ0n) is 12.3. The van der Waals surface area contributed by atoms with Crippen molar-refractivity contribution in [2.24, 2.45) is 0 Å². The lowest BCUT2D eigenvalue weighted by atomic mass is 10.0. The van der Waals surface area contributed by atoms with Gasteiger partial charge in [-0.15, -0.1) is 11.8 Å². The van der Waals surface area contributed by atoms with Gasteiger partial charge < -0.3 is 10.1 Å². The summed E-state index contributed by atoms with van der Waals surface area (Å²) in [6.45, 7) is 1.57. The van der Waals surface area contributed by atoms with Gasteiger partial charge in [0, 0.05) is 24.6 Å². The van der Waals surface area contributed by atoms with Crippen molar-refractivity contribution in [1.82, 2.24) is 5.32 Å². The van der Waals surface area contributed by atoms with Crippen LogP contribution in [0.1, 0.15) is 29.2 Å². The Bertz CT molecular complexity index is 599. The molecule has 0 spiro atoms. The molecule has 1 unspecified atom stereocenters. The van der Waals surface area contributed by atoms with Crippen LogP contribution in [0.5, 0.6) is 0 Å². The highest BCUT2D eigenvalue weighted by Gasteiger charge is 2.19. The number of nitrogens with one attached hydrogen (secondary N) is 1. The van der Waals surface area contributed by atoms with E-state index in [2.05, 4.69) is 53.8 Å². The number of thioether (sulfide) groups is 1. The van der Waals surface area contributed by atoms with Gasteiger partial charge in [0.2, 0.25) is 0 Å². The summed E-state index contributed by atoms with van der Waals surface area (Å²) < 4.78 is 5.29. The molecule has 21 heavy (non-hydrogen) atoms. The Morgan fingerprint density at radius 3 is 2.71 bits per heavy atom. The monoisotopic (exact) mass is 299 g/mol. The van der Waals surface area contributed by atoms with Gasteiger partial charge in [0.1, 0.15) is 0 Å². The zero-order valence-corrected chi connectivity index (χ0v) is 13.2. The van der Waals surface area contributed by atoms with Crippen molar-refractivity contribution >= 4 is 11.8 Å². The lowest BCUT2D eigenvalue weighted by Gasteiger charge is -2.26. The fourth-order valence-electron chi connectivity index (χ4n) is 2.81. The molecule has 1 aliphatic rings. The average molecular weight is 299 g/mol. The Balaban J connectivity index is 1.72. The largest absolute Gasteiger partial charge is 0.380 e. The van der Waals surface area contributed by atoms with Gasteiger partial charge in [0.25, 0.3) is 0 Å². The van der Waals surface area contributed by atoms with Crippen LogP contribution in [0.4, 0.5) is 0 Å². The van der Waals surface area contributed by atoms with Crippen molar-refractivity contribution in [2.45, 2.75) is 30.5 Å². The molecule has 1 atom stereocenters. The summed E-state index contributed by atoms with van der Waals surface area (Å²) in [5.41, 5.74) is 4.04. The Morgan fingerprint density at radius 1 is 1.10 bits per heavy atom. The molecule has 1 aliphatic heterocycles. The first kappa shape index (κ1) is 14.6. The first-order valence-corrected chi connectivity index (χ1v) is 8.38. The fourth-order valence-corrected chi connectivity index (χ4v) is 3.94. The average Bonchev–Trinajstić information content (AvgIpc) is 2.54. The first-order chi connectivity index (χ1) is 10.4. The van der Waals surface area contributed by atoms with Crippen LogP contribution in [0, 0.1) is 0 Å². The van der Waals surface area contributed by atoms with Gasteiger partial charge in [-0.05, 0) is 34.9 Å². The summed E-state index contributed by atoms with van der Waals surface area (Å²) >= 11 is 1.97. The molecule has 3 rings (SSSR count). The number of hydrogen-bond donors (Lipinski definition) is 1. The SMILES string of the molecule is COCc1ccccc1CNC1CCSc2ccccc21. The minimum Gasteiger partial charge on any atom is -0.380 e. The molecule has 110 valence electrons. The van der Waals surface area contributed by atoms with E-state index < -0.39 is 0 Å². The standard InChI is InChI=1S/C18H21NOS/c1-20-13-15-7-3-2-6-14(15)12-19-17-10-11-21-18-9-5-4-8-16(17)18/h2-9,17,19H,10-13H2,1H3. The van der Waals surface area contributed by atoms with Gasteiger partial charge in [0.05, 0.1) is 6.61 Å². The van der Waals surface area contributed by atoms with Crippen LogP contribution in [0.15, 0.2) is 53.4 Å². The smallest absolute Gasteiger partial charge is 0.0716 e. The van der Waals surface area contributed by atoms with E-state index in [0.717, 1.165) is 6.54 Å². The second-order valence-electron chi connectivity index (χ2n) is 5.31. The molecule has 0 bridgehead atoms. The predicted octanol–water partition coefficient (Wildman–Crippen LogP) is 4.16. The molecule has 2 nitrogen and oxygen atoms in total. The summed E-state index contributed by atoms with van der Waals surface area (Å²) in [6.07, 6.45) is 1.19. The Labute approximate surface area is 130 Å². The molecular weight excluding hydrogens is 278 g/mol. The summed E-state index contributed by atoms with van der Waals surface area (Å²) in [4.78, 5) is 1.42. The third kappa shape index (κ3) is 3.49. The zero-order chi connectivity index (χ0) is 14.5. The van der Waals surface area contributed by atoms with Crippen LogP contribution in [0.3, 0.4) is 0 Å². The van der Waals surface area contributed by atoms with Gasteiger partial charge in [-0.1, -0.05) is 42.5 Å². The van der Waals surface area contributed by atoms with Crippen molar-refractivity contribution in [3.05, 3.63) is 65.2 Å². The molecule has 0 fully saturated rings. The summed E-state index contributed by atoms with van der Waals surface area (Å²) in [6, 6.07) is 17.7.